The van der Waals surface area contributed by atoms with E-state index in [1.54, 1.807) is 0 Å². The van der Waals surface area contributed by atoms with E-state index >= 15 is 0 Å². The monoisotopic (exact) mass is 295 g/mol. The molecule has 0 amide bonds. The number of hydrogen-bond acceptors (Lipinski definition) is 5. The number of carboxylic acids is 1. The number of aryl methyl sites for hydroxylation is 1. The van der Waals surface area contributed by atoms with E-state index in [1.807, 2.05) is 4.68 Å². The second-order valence-corrected chi connectivity index (χ2v) is 5.86. The maximum atomic E-state index is 10.9. The van der Waals surface area contributed by atoms with Gasteiger partial charge in [0.25, 0.3) is 0 Å². The average molecular weight is 295 g/mol. The van der Waals surface area contributed by atoms with E-state index in [0.29, 0.717) is 12.5 Å². The number of hydrogen-bond donors (Lipinski definition) is 2. The Morgan fingerprint density at radius 1 is 1.38 bits per heavy atom. The van der Waals surface area contributed by atoms with Gasteiger partial charge in [0.15, 0.2) is 5.82 Å². The second kappa shape index (κ2) is 8.07. The summed E-state index contributed by atoms with van der Waals surface area (Å²) in [4.78, 5) is 10.9. The lowest BCUT2D eigenvalue weighted by molar-refractivity contribution is -0.143. The van der Waals surface area contributed by atoms with Crippen molar-refractivity contribution < 1.29 is 9.90 Å². The number of carboxylic acid groups (broad SMARTS) is 1. The van der Waals surface area contributed by atoms with Gasteiger partial charge in [-0.25, -0.2) is 4.68 Å². The van der Waals surface area contributed by atoms with Gasteiger partial charge in [-0.05, 0) is 55.0 Å². The van der Waals surface area contributed by atoms with Crippen molar-refractivity contribution in [3.8, 4) is 0 Å². The highest BCUT2D eigenvalue weighted by atomic mass is 16.4. The molecule has 0 bridgehead atoms. The first-order chi connectivity index (χ1) is 10.2. The van der Waals surface area contributed by atoms with E-state index in [9.17, 15) is 4.79 Å². The highest BCUT2D eigenvalue weighted by Crippen LogP contribution is 2.28. The number of aliphatic carboxylic acids is 1. The van der Waals surface area contributed by atoms with Crippen LogP contribution in [-0.4, -0.2) is 37.8 Å². The Kier molecular flexibility index (Phi) is 6.10. The van der Waals surface area contributed by atoms with Crippen molar-refractivity contribution in [2.75, 3.05) is 6.54 Å². The molecule has 1 heterocycles. The van der Waals surface area contributed by atoms with Crippen molar-refractivity contribution in [1.82, 2.24) is 25.5 Å². The minimum absolute atomic E-state index is 0.136. The number of carbonyl (C=O) groups is 1. The number of tetrazole rings is 1. The molecule has 0 radical (unpaired) electrons. The minimum Gasteiger partial charge on any atom is -0.481 e. The van der Waals surface area contributed by atoms with E-state index in [2.05, 4.69) is 27.8 Å². The lowest BCUT2D eigenvalue weighted by Gasteiger charge is -2.26. The van der Waals surface area contributed by atoms with Crippen molar-refractivity contribution in [3.63, 3.8) is 0 Å². The fourth-order valence-electron chi connectivity index (χ4n) is 2.83. The van der Waals surface area contributed by atoms with Gasteiger partial charge in [0.2, 0.25) is 0 Å². The Hall–Kier alpha value is -1.50. The molecule has 1 fully saturated rings. The van der Waals surface area contributed by atoms with Gasteiger partial charge < -0.3 is 10.4 Å². The second-order valence-electron chi connectivity index (χ2n) is 5.86. The first-order valence-electron chi connectivity index (χ1n) is 7.89. The molecular weight excluding hydrogens is 270 g/mol. The quantitative estimate of drug-likeness (QED) is 0.754. The molecule has 2 N–H and O–H groups in total. The molecule has 0 spiro atoms. The Morgan fingerprint density at radius 3 is 2.81 bits per heavy atom. The predicted molar refractivity (Wildman–Crippen MR) is 77.5 cm³/mol. The van der Waals surface area contributed by atoms with Crippen LogP contribution >= 0.6 is 0 Å². The summed E-state index contributed by atoms with van der Waals surface area (Å²) < 4.78 is 1.86. The molecule has 0 aliphatic heterocycles. The van der Waals surface area contributed by atoms with Crippen LogP contribution in [0, 0.1) is 11.8 Å². The number of aromatic nitrogens is 4. The van der Waals surface area contributed by atoms with Crippen molar-refractivity contribution in [2.24, 2.45) is 11.8 Å². The van der Waals surface area contributed by atoms with Crippen LogP contribution in [0.2, 0.25) is 0 Å². The van der Waals surface area contributed by atoms with Gasteiger partial charge >= 0.3 is 5.97 Å². The average Bonchev–Trinajstić information content (AvgIpc) is 2.93. The predicted octanol–water partition coefficient (Wildman–Crippen LogP) is 1.45. The molecular formula is C14H25N5O2. The molecule has 7 nitrogen and oxygen atoms in total. The fourth-order valence-corrected chi connectivity index (χ4v) is 2.83. The van der Waals surface area contributed by atoms with E-state index in [-0.39, 0.29) is 5.92 Å². The Labute approximate surface area is 125 Å². The number of nitrogens with one attached hydrogen (secondary N) is 1. The van der Waals surface area contributed by atoms with Crippen LogP contribution in [0.1, 0.15) is 51.3 Å². The lowest BCUT2D eigenvalue weighted by Crippen LogP contribution is -2.29. The van der Waals surface area contributed by atoms with E-state index < -0.39 is 5.97 Å². The first kappa shape index (κ1) is 15.9. The summed E-state index contributed by atoms with van der Waals surface area (Å²) in [5.74, 6) is 0.669. The SMILES string of the molecule is CCCCn1nnnc1CNCC1CCC(C(=O)O)CC1. The zero-order chi connectivity index (χ0) is 15.1. The molecule has 118 valence electrons. The molecule has 0 unspecified atom stereocenters. The molecule has 7 heteroatoms. The zero-order valence-electron chi connectivity index (χ0n) is 12.7. The van der Waals surface area contributed by atoms with Gasteiger partial charge in [-0.15, -0.1) is 5.10 Å². The Balaban J connectivity index is 1.68. The van der Waals surface area contributed by atoms with Crippen LogP contribution in [0.5, 0.6) is 0 Å². The summed E-state index contributed by atoms with van der Waals surface area (Å²) in [5.41, 5.74) is 0. The molecule has 0 aromatic carbocycles. The highest BCUT2D eigenvalue weighted by molar-refractivity contribution is 5.69. The van der Waals surface area contributed by atoms with Crippen LogP contribution in [0.3, 0.4) is 0 Å². The Bertz CT molecular complexity index is 440. The van der Waals surface area contributed by atoms with Gasteiger partial charge in [0.05, 0.1) is 12.5 Å². The third kappa shape index (κ3) is 4.77. The molecule has 1 aliphatic rings. The summed E-state index contributed by atoms with van der Waals surface area (Å²) in [6.07, 6.45) is 5.79. The van der Waals surface area contributed by atoms with E-state index in [0.717, 1.165) is 57.4 Å². The molecule has 0 saturated heterocycles. The van der Waals surface area contributed by atoms with Crippen LogP contribution < -0.4 is 5.32 Å². The summed E-state index contributed by atoms with van der Waals surface area (Å²) in [5, 5.41) is 24.2. The van der Waals surface area contributed by atoms with Gasteiger partial charge in [0.1, 0.15) is 0 Å². The molecule has 21 heavy (non-hydrogen) atoms. The van der Waals surface area contributed by atoms with Gasteiger partial charge in [-0.1, -0.05) is 13.3 Å². The maximum absolute atomic E-state index is 10.9. The van der Waals surface area contributed by atoms with Gasteiger partial charge in [-0.2, -0.15) is 0 Å². The third-order valence-electron chi connectivity index (χ3n) is 4.24. The van der Waals surface area contributed by atoms with Crippen LogP contribution in [0.15, 0.2) is 0 Å². The third-order valence-corrected chi connectivity index (χ3v) is 4.24. The smallest absolute Gasteiger partial charge is 0.306 e. The van der Waals surface area contributed by atoms with Crippen molar-refractivity contribution in [2.45, 2.75) is 58.5 Å². The molecule has 1 aromatic heterocycles. The Morgan fingerprint density at radius 2 is 2.14 bits per heavy atom. The molecule has 1 aromatic rings. The number of rotatable bonds is 8. The number of nitrogens with zero attached hydrogens (tertiary/aromatic N) is 4. The largest absolute Gasteiger partial charge is 0.481 e. The minimum atomic E-state index is -0.642. The van der Waals surface area contributed by atoms with E-state index in [1.165, 1.54) is 0 Å². The lowest BCUT2D eigenvalue weighted by atomic mass is 9.82. The topological polar surface area (TPSA) is 92.9 Å². The number of unbranched alkanes of at least 4 members (excludes halogenated alkanes) is 1. The molecule has 1 aliphatic carbocycles. The maximum Gasteiger partial charge on any atom is 0.306 e. The van der Waals surface area contributed by atoms with Crippen LogP contribution in [0.4, 0.5) is 0 Å². The van der Waals surface area contributed by atoms with Crippen molar-refractivity contribution in [3.05, 3.63) is 5.82 Å². The standard InChI is InChI=1S/C14H25N5O2/c1-2-3-8-19-13(16-17-18-19)10-15-9-11-4-6-12(7-5-11)14(20)21/h11-12,15H,2-10H2,1H3,(H,20,21). The molecule has 2 rings (SSSR count). The normalized spacial score (nSPS) is 22.3. The van der Waals surface area contributed by atoms with Gasteiger partial charge in [0, 0.05) is 6.54 Å². The molecule has 0 atom stereocenters. The van der Waals surface area contributed by atoms with Gasteiger partial charge in [-0.3, -0.25) is 4.79 Å². The molecule has 1 saturated carbocycles. The van der Waals surface area contributed by atoms with Crippen molar-refractivity contribution in [1.29, 1.82) is 0 Å². The zero-order valence-corrected chi connectivity index (χ0v) is 12.7. The fraction of sp³-hybridized carbons (Fsp3) is 0.857. The highest BCUT2D eigenvalue weighted by Gasteiger charge is 2.25. The van der Waals surface area contributed by atoms with Crippen LogP contribution in [0.25, 0.3) is 0 Å². The van der Waals surface area contributed by atoms with E-state index in [4.69, 9.17) is 5.11 Å². The van der Waals surface area contributed by atoms with Crippen molar-refractivity contribution >= 4 is 5.97 Å². The summed E-state index contributed by atoms with van der Waals surface area (Å²) in [7, 11) is 0. The van der Waals surface area contributed by atoms with Crippen LogP contribution in [-0.2, 0) is 17.9 Å². The first-order valence-corrected chi connectivity index (χ1v) is 7.89. The summed E-state index contributed by atoms with van der Waals surface area (Å²) >= 11 is 0. The summed E-state index contributed by atoms with van der Waals surface area (Å²) in [6.45, 7) is 4.60. The summed E-state index contributed by atoms with van der Waals surface area (Å²) in [6, 6.07) is 0.